The number of benzene rings is 1. The van der Waals surface area contributed by atoms with Crippen molar-refractivity contribution in [3.63, 3.8) is 0 Å². The zero-order valence-corrected chi connectivity index (χ0v) is 13.2. The van der Waals surface area contributed by atoms with E-state index < -0.39 is 0 Å². The van der Waals surface area contributed by atoms with Crippen LogP contribution in [0.5, 0.6) is 0 Å². The van der Waals surface area contributed by atoms with Crippen LogP contribution in [0.25, 0.3) is 0 Å². The lowest BCUT2D eigenvalue weighted by molar-refractivity contribution is -0.116. The van der Waals surface area contributed by atoms with Crippen LogP contribution in [0.1, 0.15) is 19.4 Å². The maximum absolute atomic E-state index is 12.0. The molecule has 1 heterocycles. The number of carbonyl (C=O) groups is 1. The fourth-order valence-electron chi connectivity index (χ4n) is 1.84. The smallest absolute Gasteiger partial charge is 0.238 e. The number of amides is 1. The normalized spacial score (nSPS) is 12.4. The molecule has 1 aromatic heterocycles. The van der Waals surface area contributed by atoms with Gasteiger partial charge >= 0.3 is 0 Å². The first kappa shape index (κ1) is 14.8. The van der Waals surface area contributed by atoms with Gasteiger partial charge in [0.2, 0.25) is 5.91 Å². The summed E-state index contributed by atoms with van der Waals surface area (Å²) in [7, 11) is 0. The number of anilines is 1. The zero-order chi connectivity index (χ0) is 14.5. The van der Waals surface area contributed by atoms with Crippen LogP contribution in [0.4, 0.5) is 5.69 Å². The second-order valence-electron chi connectivity index (χ2n) is 5.04. The Labute approximate surface area is 127 Å². The van der Waals surface area contributed by atoms with Crippen LogP contribution >= 0.6 is 15.9 Å². The molecule has 0 aliphatic carbocycles. The van der Waals surface area contributed by atoms with E-state index in [1.807, 2.05) is 55.1 Å². The standard InChI is InChI=1S/C15H18BrN3O/c1-11(2)14(16)15(20)18-13-6-3-5-12(9-13)10-19-8-4-7-17-19/h3-9,11,14H,10H2,1-2H3,(H,18,20). The van der Waals surface area contributed by atoms with Crippen molar-refractivity contribution in [2.45, 2.75) is 25.2 Å². The minimum absolute atomic E-state index is 0.0174. The molecule has 0 saturated carbocycles. The minimum atomic E-state index is -0.183. The lowest BCUT2D eigenvalue weighted by atomic mass is 10.1. The number of hydrogen-bond acceptors (Lipinski definition) is 2. The van der Waals surface area contributed by atoms with Gasteiger partial charge in [-0.15, -0.1) is 0 Å². The molecule has 0 saturated heterocycles. The third-order valence-corrected chi connectivity index (χ3v) is 4.41. The van der Waals surface area contributed by atoms with Crippen molar-refractivity contribution in [1.29, 1.82) is 0 Å². The molecule has 0 fully saturated rings. The molecule has 2 aromatic rings. The Bertz CT molecular complexity index is 566. The average Bonchev–Trinajstić information content (AvgIpc) is 2.91. The molecule has 1 amide bonds. The van der Waals surface area contributed by atoms with Crippen molar-refractivity contribution in [3.8, 4) is 0 Å². The molecule has 0 bridgehead atoms. The highest BCUT2D eigenvalue weighted by Gasteiger charge is 2.18. The van der Waals surface area contributed by atoms with Crippen molar-refractivity contribution in [3.05, 3.63) is 48.3 Å². The van der Waals surface area contributed by atoms with Crippen molar-refractivity contribution in [2.24, 2.45) is 5.92 Å². The van der Waals surface area contributed by atoms with Gasteiger partial charge in [-0.25, -0.2) is 0 Å². The first-order chi connectivity index (χ1) is 9.56. The summed E-state index contributed by atoms with van der Waals surface area (Å²) in [6.07, 6.45) is 3.67. The Morgan fingerprint density at radius 3 is 2.85 bits per heavy atom. The quantitative estimate of drug-likeness (QED) is 0.852. The molecule has 1 aromatic carbocycles. The Morgan fingerprint density at radius 1 is 1.40 bits per heavy atom. The predicted molar refractivity (Wildman–Crippen MR) is 84.0 cm³/mol. The molecular formula is C15H18BrN3O. The van der Waals surface area contributed by atoms with E-state index in [9.17, 15) is 4.79 Å². The van der Waals surface area contributed by atoms with Gasteiger partial charge in [0.05, 0.1) is 11.4 Å². The lowest BCUT2D eigenvalue weighted by Gasteiger charge is -2.14. The second-order valence-corrected chi connectivity index (χ2v) is 6.03. The summed E-state index contributed by atoms with van der Waals surface area (Å²) in [6, 6.07) is 9.71. The topological polar surface area (TPSA) is 46.9 Å². The second kappa shape index (κ2) is 6.70. The summed E-state index contributed by atoms with van der Waals surface area (Å²) in [5.74, 6) is 0.235. The average molecular weight is 336 g/mol. The molecule has 0 aliphatic heterocycles. The summed E-state index contributed by atoms with van der Waals surface area (Å²) in [5, 5.41) is 7.10. The van der Waals surface area contributed by atoms with Gasteiger partial charge in [0, 0.05) is 18.1 Å². The summed E-state index contributed by atoms with van der Waals surface area (Å²) in [6.45, 7) is 4.71. The zero-order valence-electron chi connectivity index (χ0n) is 11.6. The highest BCUT2D eigenvalue weighted by molar-refractivity contribution is 9.10. The number of aromatic nitrogens is 2. The number of hydrogen-bond donors (Lipinski definition) is 1. The van der Waals surface area contributed by atoms with Gasteiger partial charge in [0.1, 0.15) is 0 Å². The molecule has 20 heavy (non-hydrogen) atoms. The third kappa shape index (κ3) is 3.93. The molecule has 1 unspecified atom stereocenters. The van der Waals surface area contributed by atoms with Crippen molar-refractivity contribution >= 4 is 27.5 Å². The van der Waals surface area contributed by atoms with Crippen LogP contribution in [-0.4, -0.2) is 20.5 Å². The van der Waals surface area contributed by atoms with E-state index in [0.717, 1.165) is 11.3 Å². The van der Waals surface area contributed by atoms with E-state index in [4.69, 9.17) is 0 Å². The summed E-state index contributed by atoms with van der Waals surface area (Å²) in [4.78, 5) is 11.8. The summed E-state index contributed by atoms with van der Waals surface area (Å²) in [5.41, 5.74) is 1.91. The van der Waals surface area contributed by atoms with E-state index in [-0.39, 0.29) is 16.7 Å². The Morgan fingerprint density at radius 2 is 2.20 bits per heavy atom. The van der Waals surface area contributed by atoms with Crippen LogP contribution in [0.3, 0.4) is 0 Å². The summed E-state index contributed by atoms with van der Waals surface area (Å²) >= 11 is 3.41. The molecule has 2 rings (SSSR count). The first-order valence-electron chi connectivity index (χ1n) is 6.57. The fraction of sp³-hybridized carbons (Fsp3) is 0.333. The monoisotopic (exact) mass is 335 g/mol. The van der Waals surface area contributed by atoms with Gasteiger partial charge in [0.15, 0.2) is 0 Å². The molecule has 0 aliphatic rings. The van der Waals surface area contributed by atoms with Gasteiger partial charge in [-0.3, -0.25) is 9.48 Å². The maximum Gasteiger partial charge on any atom is 0.238 e. The van der Waals surface area contributed by atoms with Crippen LogP contribution in [-0.2, 0) is 11.3 Å². The molecule has 0 spiro atoms. The van der Waals surface area contributed by atoms with Crippen LogP contribution < -0.4 is 5.32 Å². The Balaban J connectivity index is 2.04. The minimum Gasteiger partial charge on any atom is -0.325 e. The Hall–Kier alpha value is -1.62. The number of nitrogens with zero attached hydrogens (tertiary/aromatic N) is 2. The van der Waals surface area contributed by atoms with Crippen molar-refractivity contribution < 1.29 is 4.79 Å². The van der Waals surface area contributed by atoms with Crippen LogP contribution in [0.15, 0.2) is 42.7 Å². The van der Waals surface area contributed by atoms with Gasteiger partial charge in [-0.1, -0.05) is 41.9 Å². The molecular weight excluding hydrogens is 318 g/mol. The van der Waals surface area contributed by atoms with E-state index in [1.165, 1.54) is 0 Å². The summed E-state index contributed by atoms with van der Waals surface area (Å²) < 4.78 is 1.85. The number of alkyl halides is 1. The van der Waals surface area contributed by atoms with Crippen molar-refractivity contribution in [2.75, 3.05) is 5.32 Å². The molecule has 5 heteroatoms. The van der Waals surface area contributed by atoms with Crippen LogP contribution in [0, 0.1) is 5.92 Å². The largest absolute Gasteiger partial charge is 0.325 e. The molecule has 1 atom stereocenters. The van der Waals surface area contributed by atoms with Crippen molar-refractivity contribution in [1.82, 2.24) is 9.78 Å². The SMILES string of the molecule is CC(C)C(Br)C(=O)Nc1cccc(Cn2cccn2)c1. The van der Waals surface area contributed by atoms with Gasteiger partial charge < -0.3 is 5.32 Å². The Kier molecular flexibility index (Phi) is 4.95. The highest BCUT2D eigenvalue weighted by Crippen LogP contribution is 2.17. The number of nitrogens with one attached hydrogen (secondary N) is 1. The van der Waals surface area contributed by atoms with Crippen LogP contribution in [0.2, 0.25) is 0 Å². The molecule has 0 radical (unpaired) electrons. The number of halogens is 1. The molecule has 4 nitrogen and oxygen atoms in total. The van der Waals surface area contributed by atoms with Gasteiger partial charge in [-0.05, 0) is 29.7 Å². The van der Waals surface area contributed by atoms with E-state index in [1.54, 1.807) is 6.20 Å². The first-order valence-corrected chi connectivity index (χ1v) is 7.49. The van der Waals surface area contributed by atoms with E-state index >= 15 is 0 Å². The fourth-order valence-corrected chi connectivity index (χ4v) is 1.96. The predicted octanol–water partition coefficient (Wildman–Crippen LogP) is 3.29. The third-order valence-electron chi connectivity index (χ3n) is 2.93. The highest BCUT2D eigenvalue weighted by atomic mass is 79.9. The van der Waals surface area contributed by atoms with Gasteiger partial charge in [-0.2, -0.15) is 5.10 Å². The number of rotatable bonds is 5. The molecule has 1 N–H and O–H groups in total. The van der Waals surface area contributed by atoms with Gasteiger partial charge in [0.25, 0.3) is 0 Å². The van der Waals surface area contributed by atoms with E-state index in [0.29, 0.717) is 6.54 Å². The maximum atomic E-state index is 12.0. The lowest BCUT2D eigenvalue weighted by Crippen LogP contribution is -2.27. The van der Waals surface area contributed by atoms with E-state index in [2.05, 4.69) is 26.3 Å². The number of carbonyl (C=O) groups excluding carboxylic acids is 1. The molecule has 106 valence electrons.